The average molecular weight is 482 g/mol. The molecule has 0 aromatic rings. The van der Waals surface area contributed by atoms with E-state index in [0.717, 1.165) is 4.90 Å². The third kappa shape index (κ3) is 6.87. The zero-order valence-corrected chi connectivity index (χ0v) is 16.6. The molecule has 20 heteroatoms. The van der Waals surface area contributed by atoms with Crippen LogP contribution in [0.1, 0.15) is 6.42 Å². The minimum atomic E-state index is -6.16. The summed E-state index contributed by atoms with van der Waals surface area (Å²) in [5.74, 6) is -0.589. The molecule has 3 N–H and O–H groups in total. The highest BCUT2D eigenvalue weighted by atomic mass is 31.3. The normalized spacial score (nSPS) is 32.6. The summed E-state index contributed by atoms with van der Waals surface area (Å²) >= 11 is 0. The number of aliphatic hydroxyl groups is 2. The fourth-order valence-electron chi connectivity index (χ4n) is 2.39. The molecule has 2 aliphatic heterocycles. The van der Waals surface area contributed by atoms with Gasteiger partial charge in [0.05, 0.1) is 14.4 Å². The lowest BCUT2D eigenvalue weighted by atomic mass is 10.1. The predicted octanol–water partition coefficient (Wildman–Crippen LogP) is -4.81. The van der Waals surface area contributed by atoms with Crippen LogP contribution < -0.4 is 24.9 Å². The Labute approximate surface area is 161 Å². The third-order valence-electron chi connectivity index (χ3n) is 3.53. The Kier molecular flexibility index (Phi) is 7.41. The number of nitrogens with zero attached hydrogens (tertiary/aromatic N) is 1. The van der Waals surface area contributed by atoms with Crippen molar-refractivity contribution in [1.82, 2.24) is 10.2 Å². The number of hydrogen-bond acceptors (Lipinski definition) is 15. The summed E-state index contributed by atoms with van der Waals surface area (Å²) in [5, 5.41) is 21.8. The number of imide groups is 1. The highest BCUT2D eigenvalue weighted by molar-refractivity contribution is 7.64. The van der Waals surface area contributed by atoms with Crippen LogP contribution in [0.25, 0.3) is 0 Å². The molecule has 168 valence electrons. The zero-order chi connectivity index (χ0) is 22.2. The SMILES string of the molecule is O=C1CCN(C2OC(COP(=O)([O-])OP(=O)([O-])OP(=O)([O-])[O-])C(O)C2O)C(=O)N1. The Hall–Kier alpha value is -0.770. The Morgan fingerprint density at radius 1 is 1.07 bits per heavy atom. The molecule has 0 radical (unpaired) electrons. The minimum absolute atomic E-state index is 0.138. The first-order valence-corrected chi connectivity index (χ1v) is 11.8. The summed E-state index contributed by atoms with van der Waals surface area (Å²) in [7, 11) is -18.1. The van der Waals surface area contributed by atoms with Gasteiger partial charge in [-0.15, -0.1) is 0 Å². The second-order valence-corrected chi connectivity index (χ2v) is 9.89. The van der Waals surface area contributed by atoms with Crippen LogP contribution in [0.2, 0.25) is 0 Å². The number of aliphatic hydroxyl groups excluding tert-OH is 2. The number of carbonyl (C=O) groups is 2. The van der Waals surface area contributed by atoms with E-state index in [9.17, 15) is 53.1 Å². The molecular weight excluding hydrogens is 469 g/mol. The van der Waals surface area contributed by atoms with Gasteiger partial charge in [-0.25, -0.2) is 9.11 Å². The Bertz CT molecular complexity index is 798. The van der Waals surface area contributed by atoms with Crippen molar-refractivity contribution in [2.24, 2.45) is 0 Å². The molecule has 2 rings (SSSR count). The topological polar surface area (TPSA) is 270 Å². The molecule has 3 amide bonds. The highest BCUT2D eigenvalue weighted by Crippen LogP contribution is 2.60. The van der Waals surface area contributed by atoms with Crippen molar-refractivity contribution in [2.45, 2.75) is 31.0 Å². The molecule has 0 aromatic heterocycles. The number of phosphoric ester groups is 1. The van der Waals surface area contributed by atoms with Gasteiger partial charge in [0.2, 0.25) is 5.91 Å². The van der Waals surface area contributed by atoms with Crippen LogP contribution >= 0.6 is 23.5 Å². The van der Waals surface area contributed by atoms with Gasteiger partial charge >= 0.3 is 6.03 Å². The first-order valence-electron chi connectivity index (χ1n) is 7.44. The van der Waals surface area contributed by atoms with Gasteiger partial charge in [0.1, 0.15) is 18.3 Å². The fraction of sp³-hybridized carbons (Fsp3) is 0.778. The molecular formula is C9H13N2O15P3-4. The number of amides is 3. The summed E-state index contributed by atoms with van der Waals surface area (Å²) in [6.07, 6.45) is -6.83. The average Bonchev–Trinajstić information content (AvgIpc) is 2.78. The molecule has 29 heavy (non-hydrogen) atoms. The number of nitrogens with one attached hydrogen (secondary N) is 1. The van der Waals surface area contributed by atoms with E-state index in [-0.39, 0.29) is 13.0 Å². The Balaban J connectivity index is 1.97. The number of urea groups is 1. The zero-order valence-electron chi connectivity index (χ0n) is 13.9. The quantitative estimate of drug-likeness (QED) is 0.274. The molecule has 0 aliphatic carbocycles. The van der Waals surface area contributed by atoms with E-state index in [1.54, 1.807) is 0 Å². The second-order valence-electron chi connectivity index (χ2n) is 5.64. The second kappa shape index (κ2) is 8.77. The lowest BCUT2D eigenvalue weighted by Crippen LogP contribution is -2.56. The van der Waals surface area contributed by atoms with Crippen LogP contribution in [0.3, 0.4) is 0 Å². The van der Waals surface area contributed by atoms with Crippen LogP contribution in [0.15, 0.2) is 0 Å². The van der Waals surface area contributed by atoms with Gasteiger partial charge in [-0.3, -0.25) is 28.5 Å². The van der Waals surface area contributed by atoms with Crippen molar-refractivity contribution in [1.29, 1.82) is 0 Å². The molecule has 6 atom stereocenters. The molecule has 2 heterocycles. The van der Waals surface area contributed by atoms with Crippen molar-refractivity contribution in [3.63, 3.8) is 0 Å². The van der Waals surface area contributed by atoms with E-state index in [4.69, 9.17) is 4.74 Å². The van der Waals surface area contributed by atoms with Crippen molar-refractivity contribution >= 4 is 35.4 Å². The van der Waals surface area contributed by atoms with Gasteiger partial charge < -0.3 is 43.6 Å². The van der Waals surface area contributed by atoms with Gasteiger partial charge in [0.25, 0.3) is 15.6 Å². The van der Waals surface area contributed by atoms with Crippen molar-refractivity contribution in [2.75, 3.05) is 13.2 Å². The van der Waals surface area contributed by atoms with Gasteiger partial charge in [0.15, 0.2) is 6.23 Å². The Morgan fingerprint density at radius 2 is 1.69 bits per heavy atom. The van der Waals surface area contributed by atoms with Gasteiger partial charge in [-0.05, 0) is 0 Å². The monoisotopic (exact) mass is 482 g/mol. The van der Waals surface area contributed by atoms with Crippen LogP contribution in [-0.4, -0.2) is 64.7 Å². The lowest BCUT2D eigenvalue weighted by Gasteiger charge is -2.37. The van der Waals surface area contributed by atoms with Gasteiger partial charge in [0, 0.05) is 13.0 Å². The van der Waals surface area contributed by atoms with Crippen LogP contribution in [0.4, 0.5) is 4.79 Å². The van der Waals surface area contributed by atoms with Crippen LogP contribution in [-0.2, 0) is 36.4 Å². The van der Waals surface area contributed by atoms with Crippen LogP contribution in [0.5, 0.6) is 0 Å². The number of rotatable bonds is 8. The maximum atomic E-state index is 11.8. The van der Waals surface area contributed by atoms with E-state index in [0.29, 0.717) is 0 Å². The molecule has 6 unspecified atom stereocenters. The van der Waals surface area contributed by atoms with Crippen molar-refractivity contribution in [3.05, 3.63) is 0 Å². The number of carbonyl (C=O) groups excluding carboxylic acids is 2. The number of phosphoric acid groups is 3. The molecule has 2 saturated heterocycles. The minimum Gasteiger partial charge on any atom is -0.790 e. The maximum absolute atomic E-state index is 11.8. The van der Waals surface area contributed by atoms with Crippen molar-refractivity contribution < 1.29 is 71.0 Å². The predicted molar refractivity (Wildman–Crippen MR) is 76.5 cm³/mol. The lowest BCUT2D eigenvalue weighted by molar-refractivity contribution is -0.339. The third-order valence-corrected chi connectivity index (χ3v) is 7.19. The summed E-state index contributed by atoms with van der Waals surface area (Å²) < 4.78 is 48.3. The molecule has 0 spiro atoms. The number of hydrogen-bond donors (Lipinski definition) is 3. The smallest absolute Gasteiger partial charge is 0.326 e. The maximum Gasteiger partial charge on any atom is 0.326 e. The van der Waals surface area contributed by atoms with E-state index >= 15 is 0 Å². The summed E-state index contributed by atoms with van der Waals surface area (Å²) in [6.45, 7) is -1.33. The van der Waals surface area contributed by atoms with Crippen LogP contribution in [0, 0.1) is 0 Å². The molecule has 2 aliphatic rings. The van der Waals surface area contributed by atoms with E-state index in [1.807, 2.05) is 5.32 Å². The molecule has 0 saturated carbocycles. The summed E-state index contributed by atoms with van der Waals surface area (Å²) in [4.78, 5) is 66.7. The largest absolute Gasteiger partial charge is 0.790 e. The summed E-state index contributed by atoms with van der Waals surface area (Å²) in [6, 6.07) is -0.944. The standard InChI is InChI=1S/C9H17N2O15P3/c12-5-1-2-11(9(15)10-5)8-7(14)6(13)4(24-8)3-23-28(19,20)26-29(21,22)25-27(16,17)18/h4,6-8,13-14H,1-3H2,(H,19,20)(H,21,22)(H,10,12,15)(H2,16,17,18)/p-4. The van der Waals surface area contributed by atoms with E-state index < -0.39 is 66.6 Å². The molecule has 0 bridgehead atoms. The van der Waals surface area contributed by atoms with E-state index in [1.165, 1.54) is 0 Å². The number of ether oxygens (including phenoxy) is 1. The first kappa shape index (κ1) is 24.5. The fourth-order valence-corrected chi connectivity index (χ4v) is 5.26. The molecule has 17 nitrogen and oxygen atoms in total. The summed E-state index contributed by atoms with van der Waals surface area (Å²) in [5.41, 5.74) is 0. The first-order chi connectivity index (χ1) is 13.1. The van der Waals surface area contributed by atoms with Gasteiger partial charge in [-0.2, -0.15) is 0 Å². The van der Waals surface area contributed by atoms with Gasteiger partial charge in [-0.1, -0.05) is 0 Å². The molecule has 2 fully saturated rings. The highest BCUT2D eigenvalue weighted by Gasteiger charge is 2.48. The molecule has 0 aromatic carbocycles. The Morgan fingerprint density at radius 3 is 2.24 bits per heavy atom. The van der Waals surface area contributed by atoms with Crippen molar-refractivity contribution in [3.8, 4) is 0 Å². The van der Waals surface area contributed by atoms with E-state index in [2.05, 4.69) is 13.1 Å².